The third-order valence-electron chi connectivity index (χ3n) is 6.92. The van der Waals surface area contributed by atoms with Crippen LogP contribution in [0.5, 0.6) is 17.2 Å². The Labute approximate surface area is 187 Å². The molecule has 0 aliphatic heterocycles. The molecule has 2 aromatic carbocycles. The Morgan fingerprint density at radius 2 is 1.75 bits per heavy atom. The molecule has 3 aliphatic rings. The molecule has 0 bridgehead atoms. The van der Waals surface area contributed by atoms with Gasteiger partial charge in [0.25, 0.3) is 0 Å². The molecule has 2 saturated carbocycles. The Balaban J connectivity index is 1.53. The third-order valence-corrected chi connectivity index (χ3v) is 6.92. The molecule has 0 N–H and O–H groups in total. The monoisotopic (exact) mass is 436 g/mol. The van der Waals surface area contributed by atoms with Crippen LogP contribution in [0.1, 0.15) is 54.4 Å². The van der Waals surface area contributed by atoms with Crippen molar-refractivity contribution >= 4 is 11.8 Å². The fraction of sp³-hybridized carbons (Fsp3) is 0.462. The fourth-order valence-electron chi connectivity index (χ4n) is 4.60. The average Bonchev–Trinajstić information content (AvgIpc) is 3.47. The lowest BCUT2D eigenvalue weighted by Crippen LogP contribution is -2.34. The van der Waals surface area contributed by atoms with Crippen molar-refractivity contribution in [3.63, 3.8) is 0 Å². The Kier molecular flexibility index (Phi) is 5.31. The summed E-state index contributed by atoms with van der Waals surface area (Å²) in [7, 11) is 3.13. The molecule has 32 heavy (non-hydrogen) atoms. The normalized spacial score (nSPS) is 18.5. The highest BCUT2D eigenvalue weighted by molar-refractivity contribution is 6.02. The Bertz CT molecular complexity index is 1060. The van der Waals surface area contributed by atoms with Crippen molar-refractivity contribution < 1.29 is 28.5 Å². The van der Waals surface area contributed by atoms with Crippen molar-refractivity contribution in [2.24, 2.45) is 5.92 Å². The van der Waals surface area contributed by atoms with Gasteiger partial charge in [-0.2, -0.15) is 0 Å². The fourth-order valence-corrected chi connectivity index (χ4v) is 4.60. The minimum absolute atomic E-state index is 0.156. The van der Waals surface area contributed by atoms with Gasteiger partial charge in [0.1, 0.15) is 0 Å². The van der Waals surface area contributed by atoms with Gasteiger partial charge in [-0.25, -0.2) is 4.79 Å². The van der Waals surface area contributed by atoms with Gasteiger partial charge in [-0.3, -0.25) is 4.79 Å². The summed E-state index contributed by atoms with van der Waals surface area (Å²) in [5.74, 6) is 1.73. The van der Waals surface area contributed by atoms with Crippen LogP contribution in [0.3, 0.4) is 0 Å². The van der Waals surface area contributed by atoms with Gasteiger partial charge < -0.3 is 18.9 Å². The number of esters is 1. The van der Waals surface area contributed by atoms with Gasteiger partial charge in [-0.1, -0.05) is 24.6 Å². The molecule has 6 nitrogen and oxygen atoms in total. The van der Waals surface area contributed by atoms with Crippen molar-refractivity contribution in [2.45, 2.75) is 50.5 Å². The predicted octanol–water partition coefficient (Wildman–Crippen LogP) is 4.75. The van der Waals surface area contributed by atoms with Crippen molar-refractivity contribution in [2.75, 3.05) is 20.8 Å². The molecular weight excluding hydrogens is 408 g/mol. The van der Waals surface area contributed by atoms with Crippen molar-refractivity contribution in [1.29, 1.82) is 0 Å². The van der Waals surface area contributed by atoms with Crippen LogP contribution >= 0.6 is 0 Å². The second-order valence-electron chi connectivity index (χ2n) is 8.92. The SMILES string of the molecule is COc1ccc(-c2cccc3c2CCC3=O)c(OC2(C(=O)OCC3CCC3)CC2)c1OC. The zero-order chi connectivity index (χ0) is 22.3. The lowest BCUT2D eigenvalue weighted by molar-refractivity contribution is -0.156. The molecule has 0 aromatic heterocycles. The molecule has 0 radical (unpaired) electrons. The Morgan fingerprint density at radius 3 is 2.41 bits per heavy atom. The largest absolute Gasteiger partial charge is 0.493 e. The van der Waals surface area contributed by atoms with E-state index in [4.69, 9.17) is 18.9 Å². The maximum absolute atomic E-state index is 12.9. The maximum Gasteiger partial charge on any atom is 0.350 e. The van der Waals surface area contributed by atoms with E-state index >= 15 is 0 Å². The highest BCUT2D eigenvalue weighted by atomic mass is 16.6. The van der Waals surface area contributed by atoms with Crippen LogP contribution in [0.25, 0.3) is 11.1 Å². The zero-order valence-corrected chi connectivity index (χ0v) is 18.6. The number of hydrogen-bond acceptors (Lipinski definition) is 6. The highest BCUT2D eigenvalue weighted by Gasteiger charge is 2.55. The molecule has 2 aromatic rings. The van der Waals surface area contributed by atoms with E-state index in [1.807, 2.05) is 30.3 Å². The average molecular weight is 437 g/mol. The van der Waals surface area contributed by atoms with Crippen LogP contribution in [0, 0.1) is 5.92 Å². The molecule has 0 atom stereocenters. The van der Waals surface area contributed by atoms with E-state index in [1.165, 1.54) is 6.42 Å². The lowest BCUT2D eigenvalue weighted by Gasteiger charge is -2.27. The summed E-state index contributed by atoms with van der Waals surface area (Å²) in [5.41, 5.74) is 2.47. The number of rotatable bonds is 8. The van der Waals surface area contributed by atoms with Crippen LogP contribution in [-0.4, -0.2) is 38.2 Å². The number of ketones is 1. The molecule has 0 spiro atoms. The van der Waals surface area contributed by atoms with Gasteiger partial charge in [0, 0.05) is 30.4 Å². The second-order valence-corrected chi connectivity index (χ2v) is 8.92. The number of fused-ring (bicyclic) bond motifs is 1. The first-order valence-electron chi connectivity index (χ1n) is 11.3. The first-order chi connectivity index (χ1) is 15.6. The van der Waals surface area contributed by atoms with E-state index in [9.17, 15) is 9.59 Å². The molecule has 0 amide bonds. The smallest absolute Gasteiger partial charge is 0.350 e. The van der Waals surface area contributed by atoms with E-state index in [-0.39, 0.29) is 11.8 Å². The van der Waals surface area contributed by atoms with E-state index in [0.29, 0.717) is 55.5 Å². The van der Waals surface area contributed by atoms with E-state index in [1.54, 1.807) is 14.2 Å². The quantitative estimate of drug-likeness (QED) is 0.556. The van der Waals surface area contributed by atoms with E-state index < -0.39 is 5.60 Å². The maximum atomic E-state index is 12.9. The van der Waals surface area contributed by atoms with Gasteiger partial charge in [-0.05, 0) is 48.4 Å². The molecule has 168 valence electrons. The zero-order valence-electron chi connectivity index (χ0n) is 18.6. The van der Waals surface area contributed by atoms with Crippen LogP contribution in [0.2, 0.25) is 0 Å². The van der Waals surface area contributed by atoms with Gasteiger partial charge in [-0.15, -0.1) is 0 Å². The number of benzene rings is 2. The number of methoxy groups -OCH3 is 2. The number of Topliss-reactive ketones (excluding diaryl/α,β-unsaturated/α-hetero) is 1. The number of hydrogen-bond donors (Lipinski definition) is 0. The van der Waals surface area contributed by atoms with Crippen molar-refractivity contribution in [1.82, 2.24) is 0 Å². The molecule has 6 heteroatoms. The summed E-state index contributed by atoms with van der Waals surface area (Å²) in [6.45, 7) is 0.459. The molecule has 0 unspecified atom stereocenters. The van der Waals surface area contributed by atoms with Crippen LogP contribution < -0.4 is 14.2 Å². The standard InChI is InChI=1S/C26H28O6/c1-29-22-12-10-20(17-7-4-8-19-18(17)9-11-21(19)27)23(24(22)30-2)32-26(13-14-26)25(28)31-15-16-5-3-6-16/h4,7-8,10,12,16H,3,5-6,9,11,13-15H2,1-2H3. The lowest BCUT2D eigenvalue weighted by atomic mass is 9.86. The number of carbonyl (C=O) groups is 2. The molecule has 0 heterocycles. The van der Waals surface area contributed by atoms with Gasteiger partial charge in [0.15, 0.2) is 17.3 Å². The first-order valence-corrected chi connectivity index (χ1v) is 11.3. The third kappa shape index (κ3) is 3.51. The summed E-state index contributed by atoms with van der Waals surface area (Å²) < 4.78 is 23.2. The molecule has 3 aliphatic carbocycles. The minimum atomic E-state index is -0.994. The Hall–Kier alpha value is -3.02. The van der Waals surface area contributed by atoms with Gasteiger partial charge >= 0.3 is 5.97 Å². The summed E-state index contributed by atoms with van der Waals surface area (Å²) in [6, 6.07) is 9.48. The molecule has 0 saturated heterocycles. The van der Waals surface area contributed by atoms with Crippen LogP contribution in [0.15, 0.2) is 30.3 Å². The van der Waals surface area contributed by atoms with E-state index in [0.717, 1.165) is 35.1 Å². The second kappa shape index (κ2) is 8.15. The summed E-state index contributed by atoms with van der Waals surface area (Å²) >= 11 is 0. The van der Waals surface area contributed by atoms with Crippen molar-refractivity contribution in [3.05, 3.63) is 41.5 Å². The first kappa shape index (κ1) is 20.9. The molecule has 2 fully saturated rings. The topological polar surface area (TPSA) is 71.1 Å². The van der Waals surface area contributed by atoms with Gasteiger partial charge in [0.2, 0.25) is 11.4 Å². The van der Waals surface area contributed by atoms with E-state index in [2.05, 4.69) is 0 Å². The number of ether oxygens (including phenoxy) is 4. The van der Waals surface area contributed by atoms with Gasteiger partial charge in [0.05, 0.1) is 20.8 Å². The Morgan fingerprint density at radius 1 is 0.969 bits per heavy atom. The summed E-state index contributed by atoms with van der Waals surface area (Å²) in [5, 5.41) is 0. The predicted molar refractivity (Wildman–Crippen MR) is 119 cm³/mol. The van der Waals surface area contributed by atoms with Crippen molar-refractivity contribution in [3.8, 4) is 28.4 Å². The summed E-state index contributed by atoms with van der Waals surface area (Å²) in [6.07, 6.45) is 5.83. The molecule has 5 rings (SSSR count). The highest BCUT2D eigenvalue weighted by Crippen LogP contribution is 2.51. The molecular formula is C26H28O6. The minimum Gasteiger partial charge on any atom is -0.493 e. The number of carbonyl (C=O) groups excluding carboxylic acids is 2. The van der Waals surface area contributed by atoms with Crippen LogP contribution in [-0.2, 0) is 16.0 Å². The van der Waals surface area contributed by atoms with Crippen LogP contribution in [0.4, 0.5) is 0 Å². The summed E-state index contributed by atoms with van der Waals surface area (Å²) in [4.78, 5) is 25.2.